The molecule has 0 spiro atoms. The van der Waals surface area contributed by atoms with Gasteiger partial charge in [-0.15, -0.1) is 0 Å². The van der Waals surface area contributed by atoms with Gasteiger partial charge in [0.25, 0.3) is 5.91 Å². The minimum absolute atomic E-state index is 0.109. The van der Waals surface area contributed by atoms with E-state index in [0.29, 0.717) is 5.95 Å². The van der Waals surface area contributed by atoms with Gasteiger partial charge in [-0.3, -0.25) is 4.79 Å². The summed E-state index contributed by atoms with van der Waals surface area (Å²) in [5.41, 5.74) is 7.00. The topological polar surface area (TPSA) is 79.4 Å². The van der Waals surface area contributed by atoms with Crippen molar-refractivity contribution in [3.63, 3.8) is 0 Å². The minimum atomic E-state index is 0.109. The Morgan fingerprint density at radius 3 is 2.75 bits per heavy atom. The van der Waals surface area contributed by atoms with Crippen molar-refractivity contribution in [3.8, 4) is 16.9 Å². The van der Waals surface area contributed by atoms with Crippen LogP contribution in [0.2, 0.25) is 0 Å². The zero-order chi connectivity index (χ0) is 24.5. The fraction of sp³-hybridized carbons (Fsp3) is 0.276. The van der Waals surface area contributed by atoms with Gasteiger partial charge in [0.1, 0.15) is 5.75 Å². The molecule has 3 aromatic carbocycles. The lowest BCUT2D eigenvalue weighted by Crippen LogP contribution is -2.27. The lowest BCUT2D eigenvalue weighted by molar-refractivity contribution is 0.0793. The number of nitrogens with zero attached hydrogens (tertiary/aromatic N) is 3. The molecule has 1 fully saturated rings. The molecule has 0 unspecified atom stereocenters. The van der Waals surface area contributed by atoms with E-state index in [-0.39, 0.29) is 5.91 Å². The highest BCUT2D eigenvalue weighted by Gasteiger charge is 2.20. The average Bonchev–Trinajstić information content (AvgIpc) is 3.47. The fourth-order valence-electron chi connectivity index (χ4n) is 5.09. The van der Waals surface area contributed by atoms with Gasteiger partial charge in [0.2, 0.25) is 5.95 Å². The number of fused-ring (bicyclic) bond motifs is 2. The summed E-state index contributed by atoms with van der Waals surface area (Å²) in [6.45, 7) is 3.51. The highest BCUT2D eigenvalue weighted by atomic mass is 16.5. The van der Waals surface area contributed by atoms with Crippen molar-refractivity contribution < 1.29 is 9.53 Å². The Morgan fingerprint density at radius 2 is 1.89 bits per heavy atom. The molecule has 0 aliphatic carbocycles. The van der Waals surface area contributed by atoms with E-state index in [4.69, 9.17) is 9.72 Å². The number of carbonyl (C=O) groups is 1. The molecule has 2 N–H and O–H groups in total. The average molecular weight is 480 g/mol. The predicted molar refractivity (Wildman–Crippen MR) is 142 cm³/mol. The van der Waals surface area contributed by atoms with Crippen LogP contribution in [0.15, 0.2) is 60.8 Å². The van der Waals surface area contributed by atoms with E-state index in [0.717, 1.165) is 84.5 Å². The van der Waals surface area contributed by atoms with E-state index < -0.39 is 0 Å². The number of anilines is 2. The number of nitrogens with one attached hydrogen (secondary N) is 2. The zero-order valence-corrected chi connectivity index (χ0v) is 20.4. The number of rotatable bonds is 5. The highest BCUT2D eigenvalue weighted by molar-refractivity contribution is 5.96. The smallest absolute Gasteiger partial charge is 0.253 e. The van der Waals surface area contributed by atoms with Crippen LogP contribution in [0.5, 0.6) is 5.75 Å². The van der Waals surface area contributed by atoms with Crippen LogP contribution in [0.3, 0.4) is 0 Å². The lowest BCUT2D eigenvalue weighted by Gasteiger charge is -2.20. The second kappa shape index (κ2) is 9.59. The molecule has 1 aromatic heterocycles. The molecule has 3 heterocycles. The molecule has 0 saturated carbocycles. The molecule has 7 heteroatoms. The normalized spacial score (nSPS) is 15.1. The molecule has 36 heavy (non-hydrogen) atoms. The van der Waals surface area contributed by atoms with Crippen molar-refractivity contribution in [2.75, 3.05) is 32.1 Å². The molecule has 4 aromatic rings. The Kier molecular flexibility index (Phi) is 5.99. The number of aromatic nitrogens is 2. The van der Waals surface area contributed by atoms with Crippen LogP contribution in [0, 0.1) is 0 Å². The third kappa shape index (κ3) is 4.38. The van der Waals surface area contributed by atoms with E-state index in [1.807, 2.05) is 41.4 Å². The Balaban J connectivity index is 1.30. The third-order valence-electron chi connectivity index (χ3n) is 7.07. The van der Waals surface area contributed by atoms with Crippen LogP contribution in [-0.2, 0) is 13.0 Å². The quantitative estimate of drug-likeness (QED) is 0.423. The van der Waals surface area contributed by atoms with Gasteiger partial charge < -0.3 is 20.3 Å². The lowest BCUT2D eigenvalue weighted by atomic mass is 10.00. The van der Waals surface area contributed by atoms with Gasteiger partial charge in [-0.05, 0) is 78.4 Å². The summed E-state index contributed by atoms with van der Waals surface area (Å²) in [7, 11) is 1.68. The SMILES string of the molecule is COc1cc2c(cc1Nc1ncc3ccc(-c4cccc(C(=O)N5CCCC5)c4)cc3n1)CNCC2. The summed E-state index contributed by atoms with van der Waals surface area (Å²) in [6.07, 6.45) is 4.99. The largest absolute Gasteiger partial charge is 0.495 e. The molecule has 0 atom stereocenters. The van der Waals surface area contributed by atoms with Gasteiger partial charge in [0.15, 0.2) is 0 Å². The van der Waals surface area contributed by atoms with E-state index in [1.54, 1.807) is 7.11 Å². The molecule has 2 aliphatic heterocycles. The van der Waals surface area contributed by atoms with Crippen LogP contribution in [-0.4, -0.2) is 47.5 Å². The maximum Gasteiger partial charge on any atom is 0.253 e. The summed E-state index contributed by atoms with van der Waals surface area (Å²) in [4.78, 5) is 24.2. The summed E-state index contributed by atoms with van der Waals surface area (Å²) < 4.78 is 5.65. The van der Waals surface area contributed by atoms with E-state index in [9.17, 15) is 4.79 Å². The standard InChI is InChI=1S/C29H29N5O2/c1-36-27-16-21-9-10-30-17-24(21)15-26(27)33-29-31-18-23-8-7-20(14-25(23)32-29)19-5-4-6-22(13-19)28(35)34-11-2-3-12-34/h4-8,13-16,18,30H,2-3,9-12,17H2,1H3,(H,31,32,33). The number of likely N-dealkylation sites (tertiary alicyclic amines) is 1. The van der Waals surface area contributed by atoms with Crippen LogP contribution >= 0.6 is 0 Å². The van der Waals surface area contributed by atoms with Crippen molar-refractivity contribution in [2.45, 2.75) is 25.8 Å². The molecule has 0 bridgehead atoms. The van der Waals surface area contributed by atoms with Crippen molar-refractivity contribution in [2.24, 2.45) is 0 Å². The monoisotopic (exact) mass is 479 g/mol. The number of hydrogen-bond donors (Lipinski definition) is 2. The fourth-order valence-corrected chi connectivity index (χ4v) is 5.09. The second-order valence-electron chi connectivity index (χ2n) is 9.42. The molecular weight excluding hydrogens is 450 g/mol. The zero-order valence-electron chi connectivity index (χ0n) is 20.4. The van der Waals surface area contributed by atoms with Crippen molar-refractivity contribution in [1.29, 1.82) is 0 Å². The van der Waals surface area contributed by atoms with Gasteiger partial charge in [-0.1, -0.05) is 24.3 Å². The number of methoxy groups -OCH3 is 1. The molecule has 1 saturated heterocycles. The van der Waals surface area contributed by atoms with E-state index in [1.165, 1.54) is 11.1 Å². The predicted octanol–water partition coefficient (Wildman–Crippen LogP) is 4.93. The van der Waals surface area contributed by atoms with Crippen LogP contribution < -0.4 is 15.4 Å². The maximum absolute atomic E-state index is 12.9. The van der Waals surface area contributed by atoms with Crippen LogP contribution in [0.1, 0.15) is 34.3 Å². The molecule has 182 valence electrons. The number of carbonyl (C=O) groups excluding carboxylic acids is 1. The Hall–Kier alpha value is -3.97. The summed E-state index contributed by atoms with van der Waals surface area (Å²) in [5, 5.41) is 7.73. The first-order chi connectivity index (χ1) is 17.7. The van der Waals surface area contributed by atoms with Gasteiger partial charge in [-0.25, -0.2) is 9.97 Å². The first-order valence-electron chi connectivity index (χ1n) is 12.5. The van der Waals surface area contributed by atoms with Gasteiger partial charge >= 0.3 is 0 Å². The van der Waals surface area contributed by atoms with E-state index >= 15 is 0 Å². The Morgan fingerprint density at radius 1 is 1.03 bits per heavy atom. The minimum Gasteiger partial charge on any atom is -0.495 e. The number of benzene rings is 3. The number of amides is 1. The van der Waals surface area contributed by atoms with Crippen molar-refractivity contribution >= 4 is 28.4 Å². The number of hydrogen-bond acceptors (Lipinski definition) is 6. The van der Waals surface area contributed by atoms with Gasteiger partial charge in [0, 0.05) is 36.8 Å². The van der Waals surface area contributed by atoms with Crippen molar-refractivity contribution in [3.05, 3.63) is 77.5 Å². The summed E-state index contributed by atoms with van der Waals surface area (Å²) >= 11 is 0. The summed E-state index contributed by atoms with van der Waals surface area (Å²) in [6, 6.07) is 18.2. The first-order valence-corrected chi connectivity index (χ1v) is 12.5. The second-order valence-corrected chi connectivity index (χ2v) is 9.42. The van der Waals surface area contributed by atoms with Crippen LogP contribution in [0.4, 0.5) is 11.6 Å². The van der Waals surface area contributed by atoms with Crippen LogP contribution in [0.25, 0.3) is 22.0 Å². The Bertz CT molecular complexity index is 1450. The molecule has 6 rings (SSSR count). The first kappa shape index (κ1) is 22.5. The number of ether oxygens (including phenoxy) is 1. The van der Waals surface area contributed by atoms with Gasteiger partial charge in [-0.2, -0.15) is 0 Å². The van der Waals surface area contributed by atoms with Gasteiger partial charge in [0.05, 0.1) is 18.3 Å². The van der Waals surface area contributed by atoms with Crippen molar-refractivity contribution in [1.82, 2.24) is 20.2 Å². The molecule has 0 radical (unpaired) electrons. The molecule has 7 nitrogen and oxygen atoms in total. The molecule has 2 aliphatic rings. The molecular formula is C29H29N5O2. The third-order valence-corrected chi connectivity index (χ3v) is 7.07. The van der Waals surface area contributed by atoms with E-state index in [2.05, 4.69) is 39.9 Å². The highest BCUT2D eigenvalue weighted by Crippen LogP contribution is 2.32. The summed E-state index contributed by atoms with van der Waals surface area (Å²) in [5.74, 6) is 1.41. The maximum atomic E-state index is 12.9. The Labute approximate surface area is 210 Å². The molecule has 1 amide bonds.